The predicted octanol–water partition coefficient (Wildman–Crippen LogP) is 5.69. The topological polar surface area (TPSA) is 76.5 Å². The van der Waals surface area contributed by atoms with Crippen LogP contribution in [0.4, 0.5) is 14.9 Å². The van der Waals surface area contributed by atoms with E-state index in [4.69, 9.17) is 4.74 Å². The number of para-hydroxylation sites is 1. The third kappa shape index (κ3) is 5.70. The molecular weight excluding hydrogens is 447 g/mol. The van der Waals surface area contributed by atoms with Crippen molar-refractivity contribution in [3.8, 4) is 5.69 Å². The highest BCUT2D eigenvalue weighted by atomic mass is 19.1. The van der Waals surface area contributed by atoms with Crippen molar-refractivity contribution in [2.45, 2.75) is 52.1 Å². The van der Waals surface area contributed by atoms with Crippen LogP contribution in [0.25, 0.3) is 5.69 Å². The first kappa shape index (κ1) is 24.4. The number of nitrogens with zero attached hydrogens (tertiary/aromatic N) is 3. The van der Waals surface area contributed by atoms with Gasteiger partial charge in [-0.15, -0.1) is 0 Å². The standard InChI is InChI=1S/C27H31FN4O3/c1-18-9-11-20(12-10-18)32-24(19-13-15-31(16-14-19)26(34)35-27(2,3)4)21(17-29-32)25(33)30-23-8-6-5-7-22(23)28/h5-12,17,19H,13-16H2,1-4H3,(H,30,33). The van der Waals surface area contributed by atoms with Gasteiger partial charge in [-0.05, 0) is 64.8 Å². The van der Waals surface area contributed by atoms with Gasteiger partial charge in [-0.25, -0.2) is 13.9 Å². The summed E-state index contributed by atoms with van der Waals surface area (Å²) in [6, 6.07) is 14.0. The molecule has 0 spiro atoms. The molecule has 1 N–H and O–H groups in total. The van der Waals surface area contributed by atoms with Crippen molar-refractivity contribution in [3.05, 3.63) is 77.4 Å². The largest absolute Gasteiger partial charge is 0.444 e. The van der Waals surface area contributed by atoms with Gasteiger partial charge in [0.1, 0.15) is 11.4 Å². The molecule has 8 heteroatoms. The van der Waals surface area contributed by atoms with Gasteiger partial charge in [-0.1, -0.05) is 29.8 Å². The number of nitrogens with one attached hydrogen (secondary N) is 1. The van der Waals surface area contributed by atoms with Crippen LogP contribution in [0, 0.1) is 12.7 Å². The fraction of sp³-hybridized carbons (Fsp3) is 0.370. The lowest BCUT2D eigenvalue weighted by Gasteiger charge is -2.34. The van der Waals surface area contributed by atoms with Crippen molar-refractivity contribution in [3.63, 3.8) is 0 Å². The molecule has 1 fully saturated rings. The smallest absolute Gasteiger partial charge is 0.410 e. The average molecular weight is 479 g/mol. The number of ether oxygens (including phenoxy) is 1. The monoisotopic (exact) mass is 478 g/mol. The summed E-state index contributed by atoms with van der Waals surface area (Å²) in [6.07, 6.45) is 2.50. The number of amides is 2. The Balaban J connectivity index is 1.62. The molecule has 2 heterocycles. The van der Waals surface area contributed by atoms with Crippen molar-refractivity contribution in [2.24, 2.45) is 0 Å². The number of aryl methyl sites for hydroxylation is 1. The molecule has 7 nitrogen and oxygen atoms in total. The maximum absolute atomic E-state index is 14.2. The van der Waals surface area contributed by atoms with Crippen LogP contribution in [-0.4, -0.2) is 45.4 Å². The molecule has 0 aliphatic carbocycles. The predicted molar refractivity (Wildman–Crippen MR) is 132 cm³/mol. The lowest BCUT2D eigenvalue weighted by molar-refractivity contribution is 0.0203. The van der Waals surface area contributed by atoms with Gasteiger partial charge in [0.25, 0.3) is 5.91 Å². The Morgan fingerprint density at radius 3 is 2.34 bits per heavy atom. The van der Waals surface area contributed by atoms with Crippen LogP contribution in [0.3, 0.4) is 0 Å². The first-order valence-electron chi connectivity index (χ1n) is 11.8. The number of aromatic nitrogens is 2. The second-order valence-corrected chi connectivity index (χ2v) is 9.87. The number of likely N-dealkylation sites (tertiary alicyclic amines) is 1. The summed E-state index contributed by atoms with van der Waals surface area (Å²) in [5.41, 5.74) is 2.66. The minimum atomic E-state index is -0.560. The van der Waals surface area contributed by atoms with Crippen molar-refractivity contribution in [1.82, 2.24) is 14.7 Å². The zero-order valence-electron chi connectivity index (χ0n) is 20.5. The number of piperidine rings is 1. The van der Waals surface area contributed by atoms with Crippen molar-refractivity contribution < 1.29 is 18.7 Å². The molecule has 4 rings (SSSR count). The third-order valence-electron chi connectivity index (χ3n) is 5.99. The van der Waals surface area contributed by atoms with Gasteiger partial charge in [0.15, 0.2) is 0 Å². The number of benzene rings is 2. The molecule has 1 saturated heterocycles. The van der Waals surface area contributed by atoms with E-state index in [9.17, 15) is 14.0 Å². The minimum absolute atomic E-state index is 0.0149. The molecule has 184 valence electrons. The van der Waals surface area contributed by atoms with Crippen LogP contribution in [-0.2, 0) is 4.74 Å². The number of anilines is 1. The summed E-state index contributed by atoms with van der Waals surface area (Å²) in [5, 5.41) is 7.22. The Morgan fingerprint density at radius 2 is 1.71 bits per heavy atom. The Hall–Kier alpha value is -3.68. The highest BCUT2D eigenvalue weighted by molar-refractivity contribution is 6.05. The van der Waals surface area contributed by atoms with E-state index in [0.717, 1.165) is 16.9 Å². The molecule has 35 heavy (non-hydrogen) atoms. The van der Waals surface area contributed by atoms with E-state index >= 15 is 0 Å². The molecule has 1 aliphatic rings. The van der Waals surface area contributed by atoms with Gasteiger partial charge in [-0.3, -0.25) is 4.79 Å². The normalized spacial score (nSPS) is 14.6. The van der Waals surface area contributed by atoms with Crippen LogP contribution in [0.1, 0.15) is 61.1 Å². The first-order valence-corrected chi connectivity index (χ1v) is 11.8. The highest BCUT2D eigenvalue weighted by Gasteiger charge is 2.32. The second-order valence-electron chi connectivity index (χ2n) is 9.87. The van der Waals surface area contributed by atoms with Crippen LogP contribution < -0.4 is 5.32 Å². The van der Waals surface area contributed by atoms with Gasteiger partial charge in [0, 0.05) is 19.0 Å². The van der Waals surface area contributed by atoms with E-state index in [1.54, 1.807) is 21.7 Å². The number of hydrogen-bond donors (Lipinski definition) is 1. The minimum Gasteiger partial charge on any atom is -0.444 e. The molecule has 3 aromatic rings. The van der Waals surface area contributed by atoms with E-state index in [1.807, 2.05) is 52.0 Å². The lowest BCUT2D eigenvalue weighted by Crippen LogP contribution is -2.41. The number of carbonyl (C=O) groups is 2. The Bertz CT molecular complexity index is 1210. The Morgan fingerprint density at radius 1 is 1.06 bits per heavy atom. The van der Waals surface area contributed by atoms with Crippen molar-refractivity contribution >= 4 is 17.7 Å². The first-order chi connectivity index (χ1) is 16.6. The van der Waals surface area contributed by atoms with Gasteiger partial charge in [0.05, 0.1) is 28.8 Å². The van der Waals surface area contributed by atoms with Gasteiger partial charge in [-0.2, -0.15) is 5.10 Å². The molecule has 1 aromatic heterocycles. The van der Waals surface area contributed by atoms with Crippen molar-refractivity contribution in [2.75, 3.05) is 18.4 Å². The summed E-state index contributed by atoms with van der Waals surface area (Å²) in [5.74, 6) is -0.934. The van der Waals surface area contributed by atoms with Crippen LogP contribution in [0.5, 0.6) is 0 Å². The molecule has 1 aliphatic heterocycles. The second kappa shape index (κ2) is 9.90. The fourth-order valence-electron chi connectivity index (χ4n) is 4.23. The summed E-state index contributed by atoms with van der Waals surface area (Å²) < 4.78 is 21.5. The molecule has 2 amide bonds. The summed E-state index contributed by atoms with van der Waals surface area (Å²) in [7, 11) is 0. The zero-order valence-corrected chi connectivity index (χ0v) is 20.5. The number of carbonyl (C=O) groups excluding carboxylic acids is 2. The fourth-order valence-corrected chi connectivity index (χ4v) is 4.23. The molecule has 0 saturated carbocycles. The van der Waals surface area contributed by atoms with E-state index < -0.39 is 17.3 Å². The van der Waals surface area contributed by atoms with Gasteiger partial charge in [0.2, 0.25) is 0 Å². The summed E-state index contributed by atoms with van der Waals surface area (Å²) >= 11 is 0. The van der Waals surface area contributed by atoms with E-state index in [0.29, 0.717) is 31.5 Å². The van der Waals surface area contributed by atoms with E-state index in [1.165, 1.54) is 18.3 Å². The molecule has 0 radical (unpaired) electrons. The summed E-state index contributed by atoms with van der Waals surface area (Å²) in [6.45, 7) is 8.56. The molecule has 0 unspecified atom stereocenters. The molecular formula is C27H31FN4O3. The number of halogens is 1. The van der Waals surface area contributed by atoms with Gasteiger partial charge >= 0.3 is 6.09 Å². The number of rotatable bonds is 4. The Labute approximate surface area is 204 Å². The maximum Gasteiger partial charge on any atom is 0.410 e. The van der Waals surface area contributed by atoms with Crippen LogP contribution in [0.15, 0.2) is 54.7 Å². The maximum atomic E-state index is 14.2. The van der Waals surface area contributed by atoms with E-state index in [-0.39, 0.29) is 17.7 Å². The molecule has 0 atom stereocenters. The lowest BCUT2D eigenvalue weighted by atomic mass is 9.90. The number of hydrogen-bond acceptors (Lipinski definition) is 4. The quantitative estimate of drug-likeness (QED) is 0.523. The van der Waals surface area contributed by atoms with Gasteiger partial charge < -0.3 is 15.0 Å². The molecule has 0 bridgehead atoms. The SMILES string of the molecule is Cc1ccc(-n2ncc(C(=O)Nc3ccccc3F)c2C2CCN(C(=O)OC(C)(C)C)CC2)cc1. The Kier molecular flexibility index (Phi) is 6.91. The molecule has 2 aromatic carbocycles. The van der Waals surface area contributed by atoms with E-state index in [2.05, 4.69) is 10.4 Å². The highest BCUT2D eigenvalue weighted by Crippen LogP contribution is 2.33. The van der Waals surface area contributed by atoms with Crippen LogP contribution >= 0.6 is 0 Å². The average Bonchev–Trinajstić information content (AvgIpc) is 3.25. The summed E-state index contributed by atoms with van der Waals surface area (Å²) in [4.78, 5) is 27.5. The third-order valence-corrected chi connectivity index (χ3v) is 5.99. The zero-order chi connectivity index (χ0) is 25.2. The van der Waals surface area contributed by atoms with Crippen LogP contribution in [0.2, 0.25) is 0 Å². The van der Waals surface area contributed by atoms with Crippen molar-refractivity contribution in [1.29, 1.82) is 0 Å².